The summed E-state index contributed by atoms with van der Waals surface area (Å²) in [5.41, 5.74) is -1.91. The lowest BCUT2D eigenvalue weighted by Crippen LogP contribution is -2.15. The number of hydrogen-bond donors (Lipinski definition) is 1. The molecule has 0 aliphatic carbocycles. The fourth-order valence-corrected chi connectivity index (χ4v) is 1.29. The van der Waals surface area contributed by atoms with Gasteiger partial charge in [0.15, 0.2) is 6.29 Å². The van der Waals surface area contributed by atoms with E-state index in [1.165, 1.54) is 0 Å². The van der Waals surface area contributed by atoms with Gasteiger partial charge < -0.3 is 4.98 Å². The maximum absolute atomic E-state index is 12.2. The Kier molecular flexibility index (Phi) is 2.92. The highest BCUT2D eigenvalue weighted by atomic mass is 79.9. The third-order valence-corrected chi connectivity index (χ3v) is 1.85. The molecule has 6 heteroatoms. The molecule has 0 bridgehead atoms. The molecule has 0 fully saturated rings. The van der Waals surface area contributed by atoms with Gasteiger partial charge in [-0.05, 0) is 22.0 Å². The first-order valence-electron chi connectivity index (χ1n) is 3.22. The van der Waals surface area contributed by atoms with E-state index in [1.807, 2.05) is 0 Å². The summed E-state index contributed by atoms with van der Waals surface area (Å²) in [7, 11) is 0. The Labute approximate surface area is 79.9 Å². The van der Waals surface area contributed by atoms with Crippen molar-refractivity contribution in [1.29, 1.82) is 0 Å². The van der Waals surface area contributed by atoms with E-state index < -0.39 is 23.1 Å². The Hall–Kier alpha value is -1.04. The number of rotatable bonds is 2. The fourth-order valence-electron chi connectivity index (χ4n) is 0.859. The molecule has 3 nitrogen and oxygen atoms in total. The van der Waals surface area contributed by atoms with Crippen LogP contribution in [0, 0.1) is 0 Å². The quantitative estimate of drug-likeness (QED) is 0.645. The molecule has 0 aliphatic rings. The Balaban J connectivity index is 3.47. The fraction of sp³-hybridized carbons (Fsp3) is 0.143. The zero-order chi connectivity index (χ0) is 10.0. The van der Waals surface area contributed by atoms with Crippen LogP contribution in [-0.2, 0) is 0 Å². The molecule has 0 spiro atoms. The molecule has 0 saturated carbocycles. The second kappa shape index (κ2) is 3.78. The highest BCUT2D eigenvalue weighted by molar-refractivity contribution is 9.10. The van der Waals surface area contributed by atoms with E-state index in [0.29, 0.717) is 0 Å². The summed E-state index contributed by atoms with van der Waals surface area (Å²) in [5, 5.41) is 0. The standard InChI is InChI=1S/C7H4BrF2NO2/c8-5-1-3(6(9)10)4(2-12)7(13)11-5/h1-2,6H,(H,11,13). The number of carbonyl (C=O) groups excluding carboxylic acids is 1. The van der Waals surface area contributed by atoms with E-state index in [0.717, 1.165) is 6.07 Å². The van der Waals surface area contributed by atoms with Gasteiger partial charge in [-0.1, -0.05) is 0 Å². The predicted molar refractivity (Wildman–Crippen MR) is 45.1 cm³/mol. The van der Waals surface area contributed by atoms with Gasteiger partial charge in [0.25, 0.3) is 12.0 Å². The lowest BCUT2D eigenvalue weighted by Gasteiger charge is -2.02. The van der Waals surface area contributed by atoms with E-state index in [-0.39, 0.29) is 10.9 Å². The van der Waals surface area contributed by atoms with Gasteiger partial charge in [0, 0.05) is 5.56 Å². The largest absolute Gasteiger partial charge is 0.316 e. The van der Waals surface area contributed by atoms with Crippen LogP contribution in [-0.4, -0.2) is 11.3 Å². The van der Waals surface area contributed by atoms with Crippen molar-refractivity contribution in [3.8, 4) is 0 Å². The second-order valence-electron chi connectivity index (χ2n) is 2.23. The van der Waals surface area contributed by atoms with Crippen LogP contribution in [0.25, 0.3) is 0 Å². The van der Waals surface area contributed by atoms with Gasteiger partial charge in [0.1, 0.15) is 0 Å². The van der Waals surface area contributed by atoms with Crippen molar-refractivity contribution in [3.63, 3.8) is 0 Å². The molecule has 0 aliphatic heterocycles. The van der Waals surface area contributed by atoms with Crippen LogP contribution >= 0.6 is 15.9 Å². The number of nitrogens with one attached hydrogen (secondary N) is 1. The zero-order valence-electron chi connectivity index (χ0n) is 6.18. The summed E-state index contributed by atoms with van der Waals surface area (Å²) in [6.07, 6.45) is -2.72. The van der Waals surface area contributed by atoms with Gasteiger partial charge in [-0.15, -0.1) is 0 Å². The molecule has 0 aromatic carbocycles. The predicted octanol–water partition coefficient (Wildman–Crippen LogP) is 1.89. The topological polar surface area (TPSA) is 49.9 Å². The third kappa shape index (κ3) is 2.00. The Morgan fingerprint density at radius 3 is 2.62 bits per heavy atom. The van der Waals surface area contributed by atoms with Crippen molar-refractivity contribution in [2.24, 2.45) is 0 Å². The number of pyridine rings is 1. The number of H-pyrrole nitrogens is 1. The second-order valence-corrected chi connectivity index (χ2v) is 3.09. The molecule has 13 heavy (non-hydrogen) atoms. The summed E-state index contributed by atoms with van der Waals surface area (Å²) in [4.78, 5) is 23.4. The number of carbonyl (C=O) groups is 1. The lowest BCUT2D eigenvalue weighted by molar-refractivity contribution is 0.110. The molecule has 0 radical (unpaired) electrons. The molecule has 1 heterocycles. The van der Waals surface area contributed by atoms with Crippen LogP contribution in [0.1, 0.15) is 22.3 Å². The number of aromatic nitrogens is 1. The van der Waals surface area contributed by atoms with Crippen LogP contribution in [0.4, 0.5) is 8.78 Å². The first-order chi connectivity index (χ1) is 6.06. The van der Waals surface area contributed by atoms with Gasteiger partial charge in [0.2, 0.25) is 0 Å². The molecule has 0 amide bonds. The molecule has 0 saturated heterocycles. The van der Waals surface area contributed by atoms with E-state index in [2.05, 4.69) is 20.9 Å². The summed E-state index contributed by atoms with van der Waals surface area (Å²) in [6.45, 7) is 0. The van der Waals surface area contributed by atoms with Gasteiger partial charge in [-0.2, -0.15) is 0 Å². The van der Waals surface area contributed by atoms with Gasteiger partial charge >= 0.3 is 0 Å². The van der Waals surface area contributed by atoms with Crippen LogP contribution in [0.5, 0.6) is 0 Å². The molecule has 1 N–H and O–H groups in total. The number of aldehydes is 1. The molecule has 0 unspecified atom stereocenters. The smallest absolute Gasteiger partial charge is 0.264 e. The summed E-state index contributed by atoms with van der Waals surface area (Å²) < 4.78 is 24.6. The van der Waals surface area contributed by atoms with Crippen molar-refractivity contribution < 1.29 is 13.6 Å². The minimum absolute atomic E-state index is 0.118. The average molecular weight is 252 g/mol. The maximum Gasteiger partial charge on any atom is 0.264 e. The van der Waals surface area contributed by atoms with E-state index in [4.69, 9.17) is 0 Å². The number of alkyl halides is 2. The molecule has 1 aromatic rings. The molecular weight excluding hydrogens is 248 g/mol. The van der Waals surface area contributed by atoms with E-state index in [9.17, 15) is 18.4 Å². The summed E-state index contributed by atoms with van der Waals surface area (Å²) in [5.74, 6) is 0. The first kappa shape index (κ1) is 10.0. The van der Waals surface area contributed by atoms with E-state index in [1.54, 1.807) is 0 Å². The van der Waals surface area contributed by atoms with Gasteiger partial charge in [-0.25, -0.2) is 8.78 Å². The van der Waals surface area contributed by atoms with Gasteiger partial charge in [0.05, 0.1) is 10.2 Å². The Morgan fingerprint density at radius 2 is 2.15 bits per heavy atom. The number of hydrogen-bond acceptors (Lipinski definition) is 2. The SMILES string of the molecule is O=Cc1c(C(F)F)cc(Br)[nH]c1=O. The van der Waals surface area contributed by atoms with Crippen molar-refractivity contribution >= 4 is 22.2 Å². The number of aromatic amines is 1. The van der Waals surface area contributed by atoms with E-state index >= 15 is 0 Å². The molecule has 0 atom stereocenters. The van der Waals surface area contributed by atoms with Crippen molar-refractivity contribution in [2.75, 3.05) is 0 Å². The van der Waals surface area contributed by atoms with Crippen LogP contribution < -0.4 is 5.56 Å². The van der Waals surface area contributed by atoms with Crippen molar-refractivity contribution in [2.45, 2.75) is 6.43 Å². The highest BCUT2D eigenvalue weighted by Crippen LogP contribution is 2.21. The Morgan fingerprint density at radius 1 is 1.54 bits per heavy atom. The maximum atomic E-state index is 12.2. The summed E-state index contributed by atoms with van der Waals surface area (Å²) >= 11 is 2.84. The zero-order valence-corrected chi connectivity index (χ0v) is 7.77. The van der Waals surface area contributed by atoms with Crippen LogP contribution in [0.3, 0.4) is 0 Å². The monoisotopic (exact) mass is 251 g/mol. The molecular formula is C7H4BrF2NO2. The molecule has 1 aromatic heterocycles. The normalized spacial score (nSPS) is 10.5. The Bertz CT molecular complexity index is 389. The molecule has 70 valence electrons. The van der Waals surface area contributed by atoms with Crippen molar-refractivity contribution in [3.05, 3.63) is 32.2 Å². The van der Waals surface area contributed by atoms with Crippen molar-refractivity contribution in [1.82, 2.24) is 4.98 Å². The van der Waals surface area contributed by atoms with Gasteiger partial charge in [-0.3, -0.25) is 9.59 Å². The van der Waals surface area contributed by atoms with Crippen LogP contribution in [0.2, 0.25) is 0 Å². The highest BCUT2D eigenvalue weighted by Gasteiger charge is 2.16. The number of halogens is 3. The minimum Gasteiger partial charge on any atom is -0.316 e. The average Bonchev–Trinajstić information content (AvgIpc) is 2.02. The first-order valence-corrected chi connectivity index (χ1v) is 4.01. The minimum atomic E-state index is -2.83. The van der Waals surface area contributed by atoms with Crippen LogP contribution in [0.15, 0.2) is 15.5 Å². The lowest BCUT2D eigenvalue weighted by atomic mass is 10.1. The third-order valence-electron chi connectivity index (χ3n) is 1.42. The molecule has 1 rings (SSSR count). The summed E-state index contributed by atoms with van der Waals surface area (Å²) in [6, 6.07) is 1.01.